The van der Waals surface area contributed by atoms with E-state index in [1.807, 2.05) is 6.92 Å². The summed E-state index contributed by atoms with van der Waals surface area (Å²) in [6.45, 7) is 6.59. The average Bonchev–Trinajstić information content (AvgIpc) is 2.16. The van der Waals surface area contributed by atoms with Crippen LogP contribution in [0.4, 0.5) is 0 Å². The molecule has 0 bridgehead atoms. The van der Waals surface area contributed by atoms with Crippen LogP contribution < -0.4 is 0 Å². The topological polar surface area (TPSA) is 59.3 Å². The van der Waals surface area contributed by atoms with Gasteiger partial charge in [-0.1, -0.05) is 6.58 Å². The van der Waals surface area contributed by atoms with Crippen LogP contribution >= 0.6 is 0 Å². The first-order valence-corrected chi connectivity index (χ1v) is 4.06. The van der Waals surface area contributed by atoms with E-state index in [2.05, 4.69) is 6.58 Å². The minimum absolute atomic E-state index is 0.170. The van der Waals surface area contributed by atoms with Gasteiger partial charge in [0.25, 0.3) is 0 Å². The maximum atomic E-state index is 10.8. The third-order valence-corrected chi connectivity index (χ3v) is 1.25. The molecule has 0 spiro atoms. The van der Waals surface area contributed by atoms with E-state index in [9.17, 15) is 4.79 Å². The van der Waals surface area contributed by atoms with Gasteiger partial charge >= 0.3 is 5.97 Å². The van der Waals surface area contributed by atoms with E-state index in [4.69, 9.17) is 14.7 Å². The van der Waals surface area contributed by atoms with Crippen LogP contribution in [-0.4, -0.2) is 25.8 Å². The van der Waals surface area contributed by atoms with Gasteiger partial charge < -0.3 is 9.47 Å². The number of carbonyl (C=O) groups is 1. The summed E-state index contributed by atoms with van der Waals surface area (Å²) in [6.07, 6.45) is 0.637. The molecule has 0 saturated heterocycles. The van der Waals surface area contributed by atoms with Crippen molar-refractivity contribution in [2.24, 2.45) is 0 Å². The average molecular weight is 183 g/mol. The van der Waals surface area contributed by atoms with E-state index in [0.29, 0.717) is 19.6 Å². The largest absolute Gasteiger partial charge is 0.461 e. The predicted molar refractivity (Wildman–Crippen MR) is 46.8 cm³/mol. The Bertz CT molecular complexity index is 217. The quantitative estimate of drug-likeness (QED) is 0.267. The maximum absolute atomic E-state index is 10.8. The van der Waals surface area contributed by atoms with Crippen LogP contribution in [-0.2, 0) is 14.3 Å². The van der Waals surface area contributed by atoms with E-state index >= 15 is 0 Å². The van der Waals surface area contributed by atoms with Gasteiger partial charge in [-0.25, -0.2) is 4.79 Å². The molecule has 0 heterocycles. The molecule has 0 amide bonds. The monoisotopic (exact) mass is 183 g/mol. The molecule has 0 aliphatic carbocycles. The summed E-state index contributed by atoms with van der Waals surface area (Å²) in [4.78, 5) is 10.8. The van der Waals surface area contributed by atoms with Crippen LogP contribution in [0.25, 0.3) is 0 Å². The zero-order valence-electron chi connectivity index (χ0n) is 7.71. The molecule has 4 heteroatoms. The Hall–Kier alpha value is -1.34. The van der Waals surface area contributed by atoms with Crippen LogP contribution in [0.15, 0.2) is 12.2 Å². The highest BCUT2D eigenvalue weighted by atomic mass is 16.5. The van der Waals surface area contributed by atoms with Gasteiger partial charge in [0.2, 0.25) is 0 Å². The van der Waals surface area contributed by atoms with E-state index in [1.165, 1.54) is 0 Å². The van der Waals surface area contributed by atoms with Crippen molar-refractivity contribution in [2.75, 3.05) is 19.8 Å². The van der Waals surface area contributed by atoms with Gasteiger partial charge in [0.1, 0.15) is 11.6 Å². The Balaban J connectivity index is 3.39. The van der Waals surface area contributed by atoms with E-state index in [1.54, 1.807) is 6.07 Å². The van der Waals surface area contributed by atoms with Crippen LogP contribution in [0.2, 0.25) is 0 Å². The van der Waals surface area contributed by atoms with Crippen molar-refractivity contribution in [1.82, 2.24) is 0 Å². The lowest BCUT2D eigenvalue weighted by Crippen LogP contribution is -2.08. The summed E-state index contributed by atoms with van der Waals surface area (Å²) in [7, 11) is 0. The second-order valence-electron chi connectivity index (χ2n) is 2.28. The summed E-state index contributed by atoms with van der Waals surface area (Å²) in [5.41, 5.74) is -0.170. The van der Waals surface area contributed by atoms with E-state index in [-0.39, 0.29) is 12.2 Å². The molecule has 13 heavy (non-hydrogen) atoms. The highest BCUT2D eigenvalue weighted by Gasteiger charge is 2.05. The summed E-state index contributed by atoms with van der Waals surface area (Å²) in [6, 6.07) is 1.62. The van der Waals surface area contributed by atoms with Crippen molar-refractivity contribution >= 4 is 5.97 Å². The zero-order chi connectivity index (χ0) is 10.1. The fourth-order valence-electron chi connectivity index (χ4n) is 0.603. The molecule has 0 rings (SSSR count). The molecule has 4 nitrogen and oxygen atoms in total. The number of hydrogen-bond donors (Lipinski definition) is 0. The molecule has 0 aromatic carbocycles. The zero-order valence-corrected chi connectivity index (χ0v) is 7.71. The number of rotatable bonds is 6. The third-order valence-electron chi connectivity index (χ3n) is 1.25. The van der Waals surface area contributed by atoms with Crippen LogP contribution in [0.3, 0.4) is 0 Å². The van der Waals surface area contributed by atoms with Crippen molar-refractivity contribution in [1.29, 1.82) is 5.26 Å². The maximum Gasteiger partial charge on any atom is 0.348 e. The van der Waals surface area contributed by atoms with Crippen LogP contribution in [0, 0.1) is 11.3 Å². The van der Waals surface area contributed by atoms with Gasteiger partial charge in [-0.2, -0.15) is 5.26 Å². The highest BCUT2D eigenvalue weighted by Crippen LogP contribution is 1.93. The van der Waals surface area contributed by atoms with Gasteiger partial charge in [0, 0.05) is 19.6 Å². The van der Waals surface area contributed by atoms with Crippen LogP contribution in [0.1, 0.15) is 13.3 Å². The fourth-order valence-corrected chi connectivity index (χ4v) is 0.603. The molecular weight excluding hydrogens is 170 g/mol. The van der Waals surface area contributed by atoms with Crippen molar-refractivity contribution in [3.63, 3.8) is 0 Å². The first kappa shape index (κ1) is 11.7. The first-order valence-electron chi connectivity index (χ1n) is 4.06. The highest BCUT2D eigenvalue weighted by molar-refractivity contribution is 5.91. The summed E-state index contributed by atoms with van der Waals surface area (Å²) in [5.74, 6) is -0.654. The number of esters is 1. The van der Waals surface area contributed by atoms with E-state index in [0.717, 1.165) is 0 Å². The van der Waals surface area contributed by atoms with Gasteiger partial charge in [-0.15, -0.1) is 0 Å². The van der Waals surface area contributed by atoms with Crippen molar-refractivity contribution in [3.05, 3.63) is 12.2 Å². The number of nitriles is 1. The lowest BCUT2D eigenvalue weighted by atomic mass is 10.3. The molecule has 0 aliphatic rings. The molecule has 0 saturated carbocycles. The van der Waals surface area contributed by atoms with Crippen LogP contribution in [0.5, 0.6) is 0 Å². The number of hydrogen-bond acceptors (Lipinski definition) is 4. The minimum atomic E-state index is -0.654. The Morgan fingerprint density at radius 2 is 2.23 bits per heavy atom. The molecule has 0 aromatic rings. The van der Waals surface area contributed by atoms with Gasteiger partial charge in [-0.05, 0) is 6.92 Å². The number of carbonyl (C=O) groups excluding carboxylic acids is 1. The van der Waals surface area contributed by atoms with Gasteiger partial charge in [0.15, 0.2) is 0 Å². The Morgan fingerprint density at radius 3 is 2.77 bits per heavy atom. The minimum Gasteiger partial charge on any atom is -0.461 e. The Labute approximate surface area is 77.8 Å². The Morgan fingerprint density at radius 1 is 1.54 bits per heavy atom. The molecule has 0 aromatic heterocycles. The second kappa shape index (κ2) is 7.32. The van der Waals surface area contributed by atoms with Crippen molar-refractivity contribution < 1.29 is 14.3 Å². The van der Waals surface area contributed by atoms with Crippen molar-refractivity contribution in [2.45, 2.75) is 13.3 Å². The number of ether oxygens (including phenoxy) is 2. The lowest BCUT2D eigenvalue weighted by molar-refractivity contribution is -0.138. The molecule has 0 unspecified atom stereocenters. The second-order valence-corrected chi connectivity index (χ2v) is 2.28. The summed E-state index contributed by atoms with van der Waals surface area (Å²) >= 11 is 0. The summed E-state index contributed by atoms with van der Waals surface area (Å²) in [5, 5.41) is 8.27. The number of nitrogens with zero attached hydrogens (tertiary/aromatic N) is 1. The molecule has 0 atom stereocenters. The molecule has 0 fully saturated rings. The Kier molecular flexibility index (Phi) is 6.56. The van der Waals surface area contributed by atoms with Crippen molar-refractivity contribution in [3.8, 4) is 6.07 Å². The standard InChI is InChI=1S/C9H13NO3/c1-3-12-5-4-6-13-9(11)8(2)7-10/h2-6H2,1H3. The smallest absolute Gasteiger partial charge is 0.348 e. The summed E-state index contributed by atoms with van der Waals surface area (Å²) < 4.78 is 9.72. The lowest BCUT2D eigenvalue weighted by Gasteiger charge is -2.02. The molecule has 0 aliphatic heterocycles. The molecule has 72 valence electrons. The molecule has 0 radical (unpaired) electrons. The van der Waals surface area contributed by atoms with E-state index < -0.39 is 5.97 Å². The molecule has 0 N–H and O–H groups in total. The third kappa shape index (κ3) is 5.88. The normalized spacial score (nSPS) is 8.92. The van der Waals surface area contributed by atoms with Gasteiger partial charge in [0.05, 0.1) is 6.61 Å². The first-order chi connectivity index (χ1) is 6.22. The predicted octanol–water partition coefficient (Wildman–Crippen LogP) is 1.04. The van der Waals surface area contributed by atoms with Gasteiger partial charge in [-0.3, -0.25) is 0 Å². The fraction of sp³-hybridized carbons (Fsp3) is 0.556. The SMILES string of the molecule is C=C(C#N)C(=O)OCCCOCC. The molecular formula is C9H13NO3.